The van der Waals surface area contributed by atoms with Crippen molar-refractivity contribution in [1.82, 2.24) is 9.55 Å². The Morgan fingerprint density at radius 2 is 1.82 bits per heavy atom. The van der Waals surface area contributed by atoms with Crippen LogP contribution in [0.4, 0.5) is 4.39 Å². The molecule has 0 N–H and O–H groups in total. The number of nitrogens with zero attached hydrogens (tertiary/aromatic N) is 2. The third-order valence-corrected chi connectivity index (χ3v) is 8.65. The molecule has 7 heteroatoms. The second kappa shape index (κ2) is 9.12. The third-order valence-electron chi connectivity index (χ3n) is 6.52. The molecule has 0 unspecified atom stereocenters. The number of hydrogen-bond acceptors (Lipinski definition) is 5. The van der Waals surface area contributed by atoms with E-state index < -0.39 is 5.82 Å². The lowest BCUT2D eigenvalue weighted by molar-refractivity contribution is 0.102. The molecule has 2 aromatic carbocycles. The summed E-state index contributed by atoms with van der Waals surface area (Å²) in [5.74, 6) is -0.417. The van der Waals surface area contributed by atoms with Crippen LogP contribution in [-0.4, -0.2) is 21.1 Å². The SMILES string of the molecule is Cc1cc(C)c(C(=O)CSc2nc3sc4c(c3c(=O)n2-c2ccccc2F)CCCC4)cc1C. The van der Waals surface area contributed by atoms with E-state index in [4.69, 9.17) is 4.98 Å². The molecule has 4 aromatic rings. The Kier molecular flexibility index (Phi) is 6.16. The zero-order valence-corrected chi connectivity index (χ0v) is 21.0. The van der Waals surface area contributed by atoms with Crippen LogP contribution in [0.3, 0.4) is 0 Å². The number of fused-ring (bicyclic) bond motifs is 3. The fourth-order valence-corrected chi connectivity index (χ4v) is 6.79. The van der Waals surface area contributed by atoms with Crippen LogP contribution in [0.5, 0.6) is 0 Å². The van der Waals surface area contributed by atoms with E-state index in [2.05, 4.69) is 0 Å². The summed E-state index contributed by atoms with van der Waals surface area (Å²) >= 11 is 2.75. The molecule has 0 bridgehead atoms. The lowest BCUT2D eigenvalue weighted by Gasteiger charge is -2.14. The minimum atomic E-state index is -0.493. The van der Waals surface area contributed by atoms with Crippen LogP contribution in [0.25, 0.3) is 15.9 Å². The first-order valence-electron chi connectivity index (χ1n) is 11.4. The number of thioether (sulfide) groups is 1. The number of thiophene rings is 1. The highest BCUT2D eigenvalue weighted by Gasteiger charge is 2.24. The van der Waals surface area contributed by atoms with Gasteiger partial charge in [-0.1, -0.05) is 30.0 Å². The highest BCUT2D eigenvalue weighted by molar-refractivity contribution is 7.99. The summed E-state index contributed by atoms with van der Waals surface area (Å²) in [7, 11) is 0. The van der Waals surface area contributed by atoms with Crippen molar-refractivity contribution in [3.63, 3.8) is 0 Å². The lowest BCUT2D eigenvalue weighted by Crippen LogP contribution is -2.23. The first-order chi connectivity index (χ1) is 16.3. The summed E-state index contributed by atoms with van der Waals surface area (Å²) in [6, 6.07) is 10.2. The van der Waals surface area contributed by atoms with Crippen molar-refractivity contribution in [3.8, 4) is 5.69 Å². The number of para-hydroxylation sites is 1. The van der Waals surface area contributed by atoms with Crippen LogP contribution in [0.1, 0.15) is 50.3 Å². The Morgan fingerprint density at radius 3 is 2.62 bits per heavy atom. The van der Waals surface area contributed by atoms with Gasteiger partial charge in [0.05, 0.1) is 16.8 Å². The molecule has 0 amide bonds. The highest BCUT2D eigenvalue weighted by Crippen LogP contribution is 2.35. The molecule has 174 valence electrons. The molecule has 1 aliphatic carbocycles. The maximum atomic E-state index is 14.8. The number of ketones is 1. The second-order valence-corrected chi connectivity index (χ2v) is 10.9. The Bertz CT molecular complexity index is 1500. The van der Waals surface area contributed by atoms with Gasteiger partial charge in [0, 0.05) is 10.4 Å². The van der Waals surface area contributed by atoms with Crippen LogP contribution >= 0.6 is 23.1 Å². The van der Waals surface area contributed by atoms with Crippen molar-refractivity contribution in [2.24, 2.45) is 0 Å². The van der Waals surface area contributed by atoms with Crippen LogP contribution in [0.15, 0.2) is 46.3 Å². The van der Waals surface area contributed by atoms with Gasteiger partial charge in [-0.05, 0) is 86.9 Å². The van der Waals surface area contributed by atoms with Crippen LogP contribution < -0.4 is 5.56 Å². The Labute approximate surface area is 205 Å². The van der Waals surface area contributed by atoms with E-state index in [1.807, 2.05) is 32.9 Å². The van der Waals surface area contributed by atoms with Crippen molar-refractivity contribution in [2.75, 3.05) is 5.75 Å². The normalized spacial score (nSPS) is 13.3. The van der Waals surface area contributed by atoms with Gasteiger partial charge in [0.25, 0.3) is 5.56 Å². The van der Waals surface area contributed by atoms with E-state index in [-0.39, 0.29) is 22.8 Å². The van der Waals surface area contributed by atoms with E-state index in [0.29, 0.717) is 20.9 Å². The Balaban J connectivity index is 1.61. The van der Waals surface area contributed by atoms with Crippen molar-refractivity contribution < 1.29 is 9.18 Å². The lowest BCUT2D eigenvalue weighted by atomic mass is 9.97. The number of aryl methyl sites for hydroxylation is 5. The predicted octanol–water partition coefficient (Wildman–Crippen LogP) is 6.37. The van der Waals surface area contributed by atoms with Gasteiger partial charge in [0.2, 0.25) is 0 Å². The average Bonchev–Trinajstić information content (AvgIpc) is 3.19. The molecule has 0 atom stereocenters. The maximum absolute atomic E-state index is 14.8. The first-order valence-corrected chi connectivity index (χ1v) is 13.2. The van der Waals surface area contributed by atoms with Crippen LogP contribution in [0.2, 0.25) is 0 Å². The molecule has 0 saturated carbocycles. The summed E-state index contributed by atoms with van der Waals surface area (Å²) in [5.41, 5.74) is 4.77. The molecule has 0 saturated heterocycles. The molecular formula is C27H25FN2O2S2. The number of hydrogen-bond donors (Lipinski definition) is 0. The predicted molar refractivity (Wildman–Crippen MR) is 138 cm³/mol. The van der Waals surface area contributed by atoms with Gasteiger partial charge in [-0.2, -0.15) is 0 Å². The molecule has 2 heterocycles. The zero-order chi connectivity index (χ0) is 24.0. The maximum Gasteiger partial charge on any atom is 0.267 e. The van der Waals surface area contributed by atoms with Crippen LogP contribution in [-0.2, 0) is 12.8 Å². The van der Waals surface area contributed by atoms with Crippen molar-refractivity contribution in [3.05, 3.63) is 85.3 Å². The molecule has 0 fully saturated rings. The molecule has 34 heavy (non-hydrogen) atoms. The van der Waals surface area contributed by atoms with Crippen molar-refractivity contribution in [1.29, 1.82) is 0 Å². The second-order valence-electron chi connectivity index (χ2n) is 8.84. The smallest absolute Gasteiger partial charge is 0.267 e. The molecule has 0 aliphatic heterocycles. The third kappa shape index (κ3) is 4.01. The summed E-state index contributed by atoms with van der Waals surface area (Å²) in [5, 5.41) is 0.944. The highest BCUT2D eigenvalue weighted by atomic mass is 32.2. The van der Waals surface area contributed by atoms with E-state index in [0.717, 1.165) is 47.9 Å². The summed E-state index contributed by atoms with van der Waals surface area (Å²) in [6.07, 6.45) is 3.94. The summed E-state index contributed by atoms with van der Waals surface area (Å²) < 4.78 is 16.2. The van der Waals surface area contributed by atoms with Crippen LogP contribution in [0, 0.1) is 26.6 Å². The van der Waals surface area contributed by atoms with Gasteiger partial charge in [-0.25, -0.2) is 9.37 Å². The molecular weight excluding hydrogens is 467 g/mol. The van der Waals surface area contributed by atoms with Gasteiger partial charge < -0.3 is 0 Å². The van der Waals surface area contributed by atoms with E-state index >= 15 is 0 Å². The fraction of sp³-hybridized carbons (Fsp3) is 0.296. The van der Waals surface area contributed by atoms with Crippen molar-refractivity contribution >= 4 is 39.1 Å². The number of Topliss-reactive ketones (excluding diaryl/α,β-unsaturated/α-hetero) is 1. The monoisotopic (exact) mass is 492 g/mol. The standard InChI is InChI=1S/C27H25FN2O2S2/c1-15-12-17(3)19(13-16(15)2)22(31)14-33-27-29-25-24(18-8-4-7-11-23(18)34-25)26(32)30(27)21-10-6-5-9-20(21)28/h5-6,9-10,12-13H,4,7-8,11,14H2,1-3H3. The fourth-order valence-electron chi connectivity index (χ4n) is 4.60. The Morgan fingerprint density at radius 1 is 1.09 bits per heavy atom. The first kappa shape index (κ1) is 23.0. The minimum Gasteiger partial charge on any atom is -0.293 e. The van der Waals surface area contributed by atoms with Gasteiger partial charge in [-0.15, -0.1) is 11.3 Å². The van der Waals surface area contributed by atoms with E-state index in [1.165, 1.54) is 27.3 Å². The van der Waals surface area contributed by atoms with Gasteiger partial charge >= 0.3 is 0 Å². The quantitative estimate of drug-likeness (QED) is 0.185. The number of aromatic nitrogens is 2. The summed E-state index contributed by atoms with van der Waals surface area (Å²) in [4.78, 5) is 33.6. The molecule has 5 rings (SSSR count). The van der Waals surface area contributed by atoms with Crippen molar-refractivity contribution in [2.45, 2.75) is 51.6 Å². The number of rotatable bonds is 5. The number of carbonyl (C=O) groups excluding carboxylic acids is 1. The zero-order valence-electron chi connectivity index (χ0n) is 19.4. The van der Waals surface area contributed by atoms with Gasteiger partial charge in [-0.3, -0.25) is 14.2 Å². The summed E-state index contributed by atoms with van der Waals surface area (Å²) in [6.45, 7) is 5.95. The Hall–Kier alpha value is -2.77. The molecule has 2 aromatic heterocycles. The number of carbonyl (C=O) groups is 1. The van der Waals surface area contributed by atoms with E-state index in [9.17, 15) is 14.0 Å². The average molecular weight is 493 g/mol. The van der Waals surface area contributed by atoms with Gasteiger partial charge in [0.1, 0.15) is 10.6 Å². The number of benzene rings is 2. The molecule has 0 radical (unpaired) electrons. The van der Waals surface area contributed by atoms with E-state index in [1.54, 1.807) is 29.5 Å². The minimum absolute atomic E-state index is 0.0366. The topological polar surface area (TPSA) is 52.0 Å². The molecule has 1 aliphatic rings. The molecule has 4 nitrogen and oxygen atoms in total. The molecule has 0 spiro atoms. The number of halogens is 1. The van der Waals surface area contributed by atoms with Gasteiger partial charge in [0.15, 0.2) is 10.9 Å². The largest absolute Gasteiger partial charge is 0.293 e.